The molecule has 0 aromatic heterocycles. The van der Waals surface area contributed by atoms with E-state index in [4.69, 9.17) is 9.47 Å². The lowest BCUT2D eigenvalue weighted by molar-refractivity contribution is -0.149. The van der Waals surface area contributed by atoms with Crippen LogP contribution in [0.5, 0.6) is 0 Å². The monoisotopic (exact) mass is 412 g/mol. The van der Waals surface area contributed by atoms with E-state index in [0.717, 1.165) is 32.1 Å². The summed E-state index contributed by atoms with van der Waals surface area (Å²) in [5.74, 6) is -0.135. The number of ether oxygens (including phenoxy) is 2. The average Bonchev–Trinajstić information content (AvgIpc) is 2.72. The molecule has 0 aliphatic carbocycles. The van der Waals surface area contributed by atoms with Gasteiger partial charge in [-0.15, -0.1) is 0 Å². The molecule has 0 saturated heterocycles. The molecule has 0 bridgehead atoms. The lowest BCUT2D eigenvalue weighted by Crippen LogP contribution is -2.20. The van der Waals surface area contributed by atoms with Crippen LogP contribution in [0.2, 0.25) is 0 Å². The molecule has 0 atom stereocenters. The van der Waals surface area contributed by atoms with Crippen molar-refractivity contribution in [3.8, 4) is 0 Å². The van der Waals surface area contributed by atoms with Crippen LogP contribution >= 0.6 is 0 Å². The van der Waals surface area contributed by atoms with Gasteiger partial charge in [-0.05, 0) is 19.3 Å². The number of hydrogen-bond donors (Lipinski definition) is 0. The maximum Gasteiger partial charge on any atom is 0.305 e. The highest BCUT2D eigenvalue weighted by molar-refractivity contribution is 5.69. The van der Waals surface area contributed by atoms with E-state index in [-0.39, 0.29) is 17.9 Å². The van der Waals surface area contributed by atoms with Crippen LogP contribution in [0.15, 0.2) is 0 Å². The summed E-state index contributed by atoms with van der Waals surface area (Å²) in [6, 6.07) is 0. The largest absolute Gasteiger partial charge is 0.465 e. The normalized spacial score (nSPS) is 11.0. The van der Waals surface area contributed by atoms with E-state index >= 15 is 0 Å². The van der Waals surface area contributed by atoms with Gasteiger partial charge in [0.2, 0.25) is 0 Å². The van der Waals surface area contributed by atoms with Crippen molar-refractivity contribution in [1.29, 1.82) is 0 Å². The fourth-order valence-corrected chi connectivity index (χ4v) is 3.30. The maximum atomic E-state index is 11.9. The molecule has 0 fully saturated rings. The summed E-state index contributed by atoms with van der Waals surface area (Å²) in [4.78, 5) is 23.8. The Balaban J connectivity index is 3.64. The number of rotatable bonds is 21. The number of hydrogen-bond acceptors (Lipinski definition) is 4. The molecular formula is C25H48O4. The Kier molecular flexibility index (Phi) is 20.9. The van der Waals surface area contributed by atoms with E-state index in [1.807, 2.05) is 6.92 Å². The molecule has 0 rings (SSSR count). The summed E-state index contributed by atoms with van der Waals surface area (Å²) >= 11 is 0. The van der Waals surface area contributed by atoms with Gasteiger partial charge in [-0.2, -0.15) is 0 Å². The van der Waals surface area contributed by atoms with Gasteiger partial charge < -0.3 is 9.47 Å². The Labute approximate surface area is 180 Å². The van der Waals surface area contributed by atoms with E-state index in [1.165, 1.54) is 64.2 Å². The number of carbonyl (C=O) groups excluding carboxylic acids is 2. The zero-order valence-corrected chi connectivity index (χ0v) is 19.6. The minimum Gasteiger partial charge on any atom is -0.465 e. The summed E-state index contributed by atoms with van der Waals surface area (Å²) in [5.41, 5.74) is 0. The van der Waals surface area contributed by atoms with Crippen LogP contribution in [-0.4, -0.2) is 25.2 Å². The van der Waals surface area contributed by atoms with Crippen LogP contribution in [-0.2, 0) is 19.1 Å². The van der Waals surface area contributed by atoms with E-state index in [0.29, 0.717) is 26.1 Å². The maximum absolute atomic E-state index is 11.9. The topological polar surface area (TPSA) is 52.6 Å². The quantitative estimate of drug-likeness (QED) is 0.146. The lowest BCUT2D eigenvalue weighted by atomic mass is 10.1. The molecule has 4 nitrogen and oxygen atoms in total. The Morgan fingerprint density at radius 3 is 1.24 bits per heavy atom. The van der Waals surface area contributed by atoms with E-state index < -0.39 is 0 Å². The Hall–Kier alpha value is -1.06. The minimum atomic E-state index is -0.119. The fourth-order valence-electron chi connectivity index (χ4n) is 3.30. The van der Waals surface area contributed by atoms with Crippen molar-refractivity contribution in [2.75, 3.05) is 13.2 Å². The molecule has 0 N–H and O–H groups in total. The first-order valence-corrected chi connectivity index (χ1v) is 12.4. The fraction of sp³-hybridized carbons (Fsp3) is 0.920. The molecule has 0 aromatic rings. The SMILES string of the molecule is CCCCCCCCCC(=O)OCC(CC)COC(=O)CCCCCCCCC. The van der Waals surface area contributed by atoms with Crippen LogP contribution < -0.4 is 0 Å². The zero-order chi connectivity index (χ0) is 21.6. The van der Waals surface area contributed by atoms with Gasteiger partial charge in [-0.25, -0.2) is 0 Å². The molecule has 0 spiro atoms. The molecule has 0 heterocycles. The molecular weight excluding hydrogens is 364 g/mol. The van der Waals surface area contributed by atoms with Crippen molar-refractivity contribution in [2.24, 2.45) is 5.92 Å². The minimum absolute atomic E-state index is 0.103. The average molecular weight is 413 g/mol. The van der Waals surface area contributed by atoms with Gasteiger partial charge in [0, 0.05) is 18.8 Å². The molecule has 0 radical (unpaired) electrons. The first-order chi connectivity index (χ1) is 14.1. The summed E-state index contributed by atoms with van der Waals surface area (Å²) in [7, 11) is 0. The van der Waals surface area contributed by atoms with Gasteiger partial charge in [0.1, 0.15) is 0 Å². The highest BCUT2D eigenvalue weighted by atomic mass is 16.5. The van der Waals surface area contributed by atoms with E-state index in [1.54, 1.807) is 0 Å². The molecule has 29 heavy (non-hydrogen) atoms. The third kappa shape index (κ3) is 20.0. The van der Waals surface area contributed by atoms with Gasteiger partial charge in [0.15, 0.2) is 0 Å². The van der Waals surface area contributed by atoms with Gasteiger partial charge in [-0.3, -0.25) is 9.59 Å². The van der Waals surface area contributed by atoms with Crippen LogP contribution in [0.3, 0.4) is 0 Å². The second-order valence-electron chi connectivity index (χ2n) is 8.38. The van der Waals surface area contributed by atoms with Crippen LogP contribution in [0, 0.1) is 5.92 Å². The van der Waals surface area contributed by atoms with Crippen molar-refractivity contribution in [3.63, 3.8) is 0 Å². The molecule has 0 unspecified atom stereocenters. The summed E-state index contributed by atoms with van der Waals surface area (Å²) in [6.45, 7) is 7.19. The van der Waals surface area contributed by atoms with Crippen molar-refractivity contribution in [1.82, 2.24) is 0 Å². The summed E-state index contributed by atoms with van der Waals surface area (Å²) < 4.78 is 10.8. The van der Waals surface area contributed by atoms with E-state index in [2.05, 4.69) is 13.8 Å². The molecule has 0 aliphatic heterocycles. The molecule has 0 saturated carbocycles. The third-order valence-electron chi connectivity index (χ3n) is 5.51. The third-order valence-corrected chi connectivity index (χ3v) is 5.51. The van der Waals surface area contributed by atoms with Gasteiger partial charge in [-0.1, -0.05) is 97.8 Å². The predicted octanol–water partition coefficient (Wildman–Crippen LogP) is 7.38. The second kappa shape index (κ2) is 21.6. The van der Waals surface area contributed by atoms with Crippen molar-refractivity contribution < 1.29 is 19.1 Å². The molecule has 0 aliphatic rings. The summed E-state index contributed by atoms with van der Waals surface area (Å²) in [5, 5.41) is 0. The molecule has 4 heteroatoms. The first-order valence-electron chi connectivity index (χ1n) is 12.4. The number of unbranched alkanes of at least 4 members (excludes halogenated alkanes) is 12. The lowest BCUT2D eigenvalue weighted by Gasteiger charge is -2.15. The first kappa shape index (κ1) is 27.9. The highest BCUT2D eigenvalue weighted by Crippen LogP contribution is 2.12. The molecule has 172 valence electrons. The van der Waals surface area contributed by atoms with Gasteiger partial charge in [0.05, 0.1) is 13.2 Å². The van der Waals surface area contributed by atoms with Crippen molar-refractivity contribution >= 4 is 11.9 Å². The Bertz CT molecular complexity index is 347. The summed E-state index contributed by atoms with van der Waals surface area (Å²) in [6.07, 6.45) is 18.6. The highest BCUT2D eigenvalue weighted by Gasteiger charge is 2.13. The van der Waals surface area contributed by atoms with E-state index in [9.17, 15) is 9.59 Å². The van der Waals surface area contributed by atoms with Crippen molar-refractivity contribution in [2.45, 2.75) is 130 Å². The standard InChI is InChI=1S/C25H48O4/c1-4-7-9-11-13-15-17-19-24(26)28-21-23(6-3)22-29-25(27)20-18-16-14-12-10-8-5-2/h23H,4-22H2,1-3H3. The molecule has 0 aromatic carbocycles. The van der Waals surface area contributed by atoms with Crippen LogP contribution in [0.4, 0.5) is 0 Å². The molecule has 0 amide bonds. The predicted molar refractivity (Wildman–Crippen MR) is 121 cm³/mol. The van der Waals surface area contributed by atoms with Gasteiger partial charge in [0.25, 0.3) is 0 Å². The Morgan fingerprint density at radius 1 is 0.552 bits per heavy atom. The van der Waals surface area contributed by atoms with Crippen LogP contribution in [0.1, 0.15) is 130 Å². The number of esters is 2. The number of carbonyl (C=O) groups is 2. The smallest absolute Gasteiger partial charge is 0.305 e. The zero-order valence-electron chi connectivity index (χ0n) is 19.6. The second-order valence-corrected chi connectivity index (χ2v) is 8.38. The van der Waals surface area contributed by atoms with Gasteiger partial charge >= 0.3 is 11.9 Å². The Morgan fingerprint density at radius 2 is 0.897 bits per heavy atom. The van der Waals surface area contributed by atoms with Crippen LogP contribution in [0.25, 0.3) is 0 Å². The van der Waals surface area contributed by atoms with Crippen molar-refractivity contribution in [3.05, 3.63) is 0 Å².